The van der Waals surface area contributed by atoms with E-state index in [0.29, 0.717) is 6.61 Å². The van der Waals surface area contributed by atoms with Crippen molar-refractivity contribution in [2.24, 2.45) is 0 Å². The Morgan fingerprint density at radius 2 is 1.80 bits per heavy atom. The van der Waals surface area contributed by atoms with Crippen LogP contribution < -0.4 is 5.32 Å². The van der Waals surface area contributed by atoms with E-state index in [1.54, 1.807) is 19.1 Å². The lowest BCUT2D eigenvalue weighted by atomic mass is 9.91. The first kappa shape index (κ1) is 20.6. The van der Waals surface area contributed by atoms with Crippen LogP contribution in [0.1, 0.15) is 35.8 Å². The molecule has 0 saturated heterocycles. The second-order valence-corrected chi connectivity index (χ2v) is 8.04. The summed E-state index contributed by atoms with van der Waals surface area (Å²) in [6.45, 7) is 2.21. The Labute approximate surface area is 183 Å². The fourth-order valence-corrected chi connectivity index (χ4v) is 4.29. The molecule has 0 fully saturated rings. The van der Waals surface area contributed by atoms with Crippen molar-refractivity contribution < 1.29 is 13.9 Å². The van der Waals surface area contributed by atoms with E-state index < -0.39 is 0 Å². The van der Waals surface area contributed by atoms with E-state index in [-0.39, 0.29) is 30.5 Å². The van der Waals surface area contributed by atoms with Crippen LogP contribution in [-0.4, -0.2) is 24.0 Å². The zero-order chi connectivity index (χ0) is 21.1. The summed E-state index contributed by atoms with van der Waals surface area (Å²) in [5.41, 5.74) is 3.96. The number of esters is 1. The quantitative estimate of drug-likeness (QED) is 0.490. The molecule has 0 bridgehead atoms. The van der Waals surface area contributed by atoms with Crippen LogP contribution in [0.15, 0.2) is 77.3 Å². The summed E-state index contributed by atoms with van der Waals surface area (Å²) in [6, 6.07) is 22.3. The molecular formula is C24H22BrFN2O2. The lowest BCUT2D eigenvalue weighted by Gasteiger charge is -2.44. The monoisotopic (exact) mass is 468 g/mol. The molecule has 4 nitrogen and oxygen atoms in total. The molecule has 0 unspecified atom stereocenters. The van der Waals surface area contributed by atoms with E-state index in [2.05, 4.69) is 44.3 Å². The molecule has 2 atom stereocenters. The Bertz CT molecular complexity index is 1030. The molecule has 0 amide bonds. The van der Waals surface area contributed by atoms with E-state index >= 15 is 0 Å². The molecule has 0 spiro atoms. The van der Waals surface area contributed by atoms with Gasteiger partial charge in [-0.25, -0.2) is 4.39 Å². The van der Waals surface area contributed by atoms with E-state index in [0.717, 1.165) is 26.9 Å². The van der Waals surface area contributed by atoms with Crippen LogP contribution in [0.2, 0.25) is 0 Å². The van der Waals surface area contributed by atoms with Crippen molar-refractivity contribution in [3.8, 4) is 0 Å². The first-order chi connectivity index (χ1) is 14.6. The van der Waals surface area contributed by atoms with Gasteiger partial charge in [0, 0.05) is 10.2 Å². The van der Waals surface area contributed by atoms with Gasteiger partial charge in [0.2, 0.25) is 0 Å². The third kappa shape index (κ3) is 4.25. The van der Waals surface area contributed by atoms with Gasteiger partial charge < -0.3 is 10.1 Å². The van der Waals surface area contributed by atoms with Gasteiger partial charge in [-0.3, -0.25) is 9.69 Å². The largest absolute Gasteiger partial charge is 0.465 e. The van der Waals surface area contributed by atoms with Gasteiger partial charge in [-0.1, -0.05) is 58.4 Å². The highest BCUT2D eigenvalue weighted by molar-refractivity contribution is 9.10. The average Bonchev–Trinajstić information content (AvgIpc) is 2.75. The smallest absolute Gasteiger partial charge is 0.320 e. The van der Waals surface area contributed by atoms with Crippen molar-refractivity contribution >= 4 is 27.6 Å². The lowest BCUT2D eigenvalue weighted by molar-refractivity contribution is -0.145. The Hall–Kier alpha value is -2.70. The van der Waals surface area contributed by atoms with Gasteiger partial charge in [-0.05, 0) is 53.9 Å². The Balaban J connectivity index is 1.86. The van der Waals surface area contributed by atoms with Crippen LogP contribution in [0.5, 0.6) is 0 Å². The van der Waals surface area contributed by atoms with Crippen molar-refractivity contribution in [1.82, 2.24) is 4.90 Å². The summed E-state index contributed by atoms with van der Waals surface area (Å²) in [6.07, 6.45) is -0.325. The van der Waals surface area contributed by atoms with E-state index in [9.17, 15) is 9.18 Å². The number of carbonyl (C=O) groups is 1. The molecule has 0 aromatic heterocycles. The number of anilines is 1. The zero-order valence-electron chi connectivity index (χ0n) is 16.5. The van der Waals surface area contributed by atoms with Crippen molar-refractivity contribution in [1.29, 1.82) is 0 Å². The molecule has 1 aliphatic rings. The summed E-state index contributed by atoms with van der Waals surface area (Å²) in [4.78, 5) is 14.6. The van der Waals surface area contributed by atoms with Crippen molar-refractivity contribution in [3.05, 3.63) is 99.8 Å². The summed E-state index contributed by atoms with van der Waals surface area (Å²) in [5, 5.41) is 3.53. The van der Waals surface area contributed by atoms with Crippen LogP contribution in [0.25, 0.3) is 0 Å². The molecule has 3 aromatic rings. The molecule has 3 aromatic carbocycles. The maximum absolute atomic E-state index is 13.6. The van der Waals surface area contributed by atoms with Crippen LogP contribution in [-0.2, 0) is 9.53 Å². The van der Waals surface area contributed by atoms with Gasteiger partial charge in [0.25, 0.3) is 0 Å². The van der Waals surface area contributed by atoms with Crippen molar-refractivity contribution in [3.63, 3.8) is 0 Å². The summed E-state index contributed by atoms with van der Waals surface area (Å²) in [5.74, 6) is -0.596. The number of carbonyl (C=O) groups excluding carboxylic acids is 1. The summed E-state index contributed by atoms with van der Waals surface area (Å²) in [7, 11) is 0. The summed E-state index contributed by atoms with van der Waals surface area (Å²) >= 11 is 3.57. The van der Waals surface area contributed by atoms with Gasteiger partial charge in [0.1, 0.15) is 12.0 Å². The topological polar surface area (TPSA) is 41.6 Å². The maximum atomic E-state index is 13.6. The number of nitrogens with one attached hydrogen (secondary N) is 1. The Kier molecular flexibility index (Phi) is 6.16. The van der Waals surface area contributed by atoms with Crippen LogP contribution in [0.4, 0.5) is 10.1 Å². The summed E-state index contributed by atoms with van der Waals surface area (Å²) < 4.78 is 19.8. The van der Waals surface area contributed by atoms with Crippen LogP contribution in [0.3, 0.4) is 0 Å². The molecule has 154 valence electrons. The fraction of sp³-hybridized carbons (Fsp3) is 0.208. The fourth-order valence-electron chi connectivity index (χ4n) is 3.91. The molecule has 4 rings (SSSR count). The van der Waals surface area contributed by atoms with E-state index in [1.165, 1.54) is 12.1 Å². The minimum Gasteiger partial charge on any atom is -0.465 e. The molecule has 1 N–H and O–H groups in total. The van der Waals surface area contributed by atoms with Gasteiger partial charge in [-0.15, -0.1) is 0 Å². The van der Waals surface area contributed by atoms with E-state index in [4.69, 9.17) is 4.74 Å². The number of fused-ring (bicyclic) bond motifs is 1. The van der Waals surface area contributed by atoms with Gasteiger partial charge in [0.05, 0.1) is 19.2 Å². The van der Waals surface area contributed by atoms with E-state index in [1.807, 2.05) is 30.3 Å². The molecule has 0 radical (unpaired) electrons. The van der Waals surface area contributed by atoms with Gasteiger partial charge in [0.15, 0.2) is 0 Å². The SMILES string of the molecule is CCOC(=O)CN1[C@@H](c2ccccc2)c2cc(Br)ccc2N[C@@H]1c1ccc(F)cc1. The number of ether oxygens (including phenoxy) is 1. The Morgan fingerprint density at radius 3 is 2.50 bits per heavy atom. The second-order valence-electron chi connectivity index (χ2n) is 7.12. The van der Waals surface area contributed by atoms with Crippen LogP contribution in [0, 0.1) is 5.82 Å². The molecule has 30 heavy (non-hydrogen) atoms. The van der Waals surface area contributed by atoms with Crippen molar-refractivity contribution in [2.45, 2.75) is 19.1 Å². The second kappa shape index (κ2) is 8.98. The molecule has 0 saturated carbocycles. The highest BCUT2D eigenvalue weighted by Gasteiger charge is 2.37. The molecule has 1 aliphatic heterocycles. The predicted octanol–water partition coefficient (Wildman–Crippen LogP) is 5.67. The highest BCUT2D eigenvalue weighted by atomic mass is 79.9. The molecular weight excluding hydrogens is 447 g/mol. The highest BCUT2D eigenvalue weighted by Crippen LogP contribution is 2.44. The number of rotatable bonds is 5. The molecule has 1 heterocycles. The van der Waals surface area contributed by atoms with Crippen LogP contribution >= 0.6 is 15.9 Å². The number of hydrogen-bond acceptors (Lipinski definition) is 4. The standard InChI is InChI=1S/C24H22BrFN2O2/c1-2-30-22(29)15-28-23(16-6-4-3-5-7-16)20-14-18(25)10-13-21(20)27-24(28)17-8-11-19(26)12-9-17/h3-14,23-24,27H,2,15H2,1H3/t23-,24-/m0/s1. The number of halogens is 2. The van der Waals surface area contributed by atoms with Gasteiger partial charge in [-0.2, -0.15) is 0 Å². The maximum Gasteiger partial charge on any atom is 0.320 e. The normalized spacial score (nSPS) is 18.4. The zero-order valence-corrected chi connectivity index (χ0v) is 18.1. The first-order valence-electron chi connectivity index (χ1n) is 9.84. The third-order valence-corrected chi connectivity index (χ3v) is 5.68. The number of benzene rings is 3. The minimum atomic E-state index is -0.325. The van der Waals surface area contributed by atoms with Gasteiger partial charge >= 0.3 is 5.97 Å². The molecule has 6 heteroatoms. The third-order valence-electron chi connectivity index (χ3n) is 5.18. The number of nitrogens with zero attached hydrogens (tertiary/aromatic N) is 1. The minimum absolute atomic E-state index is 0.0917. The van der Waals surface area contributed by atoms with Crippen molar-refractivity contribution in [2.75, 3.05) is 18.5 Å². The average molecular weight is 469 g/mol. The predicted molar refractivity (Wildman–Crippen MR) is 119 cm³/mol. The number of hydrogen-bond donors (Lipinski definition) is 1. The first-order valence-corrected chi connectivity index (χ1v) is 10.6. The Morgan fingerprint density at radius 1 is 1.07 bits per heavy atom. The molecule has 0 aliphatic carbocycles. The lowest BCUT2D eigenvalue weighted by Crippen LogP contribution is -2.44.